The predicted octanol–water partition coefficient (Wildman–Crippen LogP) is 1.42. The molecule has 0 aromatic carbocycles. The zero-order valence-corrected chi connectivity index (χ0v) is 11.7. The van der Waals surface area contributed by atoms with Crippen molar-refractivity contribution in [2.45, 2.75) is 46.3 Å². The van der Waals surface area contributed by atoms with Crippen LogP contribution >= 0.6 is 0 Å². The van der Waals surface area contributed by atoms with Gasteiger partial charge in [-0.25, -0.2) is 0 Å². The van der Waals surface area contributed by atoms with Gasteiger partial charge in [-0.1, -0.05) is 13.8 Å². The van der Waals surface area contributed by atoms with Crippen molar-refractivity contribution >= 4 is 0 Å². The summed E-state index contributed by atoms with van der Waals surface area (Å²) in [5, 5.41) is 13.0. The fourth-order valence-electron chi connectivity index (χ4n) is 1.67. The van der Waals surface area contributed by atoms with Gasteiger partial charge in [0.2, 0.25) is 0 Å². The van der Waals surface area contributed by atoms with Crippen molar-refractivity contribution in [1.82, 2.24) is 5.32 Å². The summed E-state index contributed by atoms with van der Waals surface area (Å²) < 4.78 is 10.4. The Morgan fingerprint density at radius 1 is 1.12 bits per heavy atom. The van der Waals surface area contributed by atoms with E-state index >= 15 is 0 Å². The van der Waals surface area contributed by atoms with Crippen molar-refractivity contribution in [2.75, 3.05) is 33.0 Å². The van der Waals surface area contributed by atoms with E-state index in [9.17, 15) is 5.11 Å². The second kappa shape index (κ2) is 11.0. The minimum atomic E-state index is -0.439. The topological polar surface area (TPSA) is 50.7 Å². The molecule has 0 aliphatic carbocycles. The zero-order chi connectivity index (χ0) is 13.1. The lowest BCUT2D eigenvalue weighted by molar-refractivity contribution is 0.00572. The number of hydrogen-bond donors (Lipinski definition) is 2. The SMILES string of the molecule is CCOCCOCC(O)CNC(C)CC(C)C. The van der Waals surface area contributed by atoms with Gasteiger partial charge in [0, 0.05) is 19.2 Å². The minimum Gasteiger partial charge on any atom is -0.389 e. The number of hydrogen-bond acceptors (Lipinski definition) is 4. The molecular formula is C13H29NO3. The molecule has 0 bridgehead atoms. The van der Waals surface area contributed by atoms with Gasteiger partial charge in [0.1, 0.15) is 0 Å². The van der Waals surface area contributed by atoms with Gasteiger partial charge in [0.05, 0.1) is 25.9 Å². The third-order valence-corrected chi connectivity index (χ3v) is 2.41. The zero-order valence-electron chi connectivity index (χ0n) is 11.7. The van der Waals surface area contributed by atoms with Crippen molar-refractivity contribution in [3.63, 3.8) is 0 Å². The second-order valence-corrected chi connectivity index (χ2v) is 4.86. The molecule has 17 heavy (non-hydrogen) atoms. The summed E-state index contributed by atoms with van der Waals surface area (Å²) in [7, 11) is 0. The second-order valence-electron chi connectivity index (χ2n) is 4.86. The molecule has 0 aromatic heterocycles. The fourth-order valence-corrected chi connectivity index (χ4v) is 1.67. The van der Waals surface area contributed by atoms with Crippen molar-refractivity contribution in [3.8, 4) is 0 Å². The van der Waals surface area contributed by atoms with Crippen molar-refractivity contribution in [3.05, 3.63) is 0 Å². The van der Waals surface area contributed by atoms with Gasteiger partial charge < -0.3 is 19.9 Å². The summed E-state index contributed by atoms with van der Waals surface area (Å²) in [5.74, 6) is 0.678. The molecule has 4 nitrogen and oxygen atoms in total. The first-order chi connectivity index (χ1) is 8.06. The van der Waals surface area contributed by atoms with E-state index < -0.39 is 6.10 Å². The maximum atomic E-state index is 9.66. The molecule has 0 aliphatic heterocycles. The summed E-state index contributed by atoms with van der Waals surface area (Å²) in [6, 6.07) is 0.438. The maximum Gasteiger partial charge on any atom is 0.0897 e. The Kier molecular flexibility index (Phi) is 10.9. The lowest BCUT2D eigenvalue weighted by Crippen LogP contribution is -2.36. The monoisotopic (exact) mass is 247 g/mol. The van der Waals surface area contributed by atoms with Crippen molar-refractivity contribution in [1.29, 1.82) is 0 Å². The molecular weight excluding hydrogens is 218 g/mol. The van der Waals surface area contributed by atoms with Crippen molar-refractivity contribution in [2.24, 2.45) is 5.92 Å². The van der Waals surface area contributed by atoms with Gasteiger partial charge in [-0.3, -0.25) is 0 Å². The van der Waals surface area contributed by atoms with Crippen LogP contribution in [-0.2, 0) is 9.47 Å². The van der Waals surface area contributed by atoms with E-state index in [0.717, 1.165) is 6.42 Å². The van der Waals surface area contributed by atoms with Crippen LogP contribution in [0.4, 0.5) is 0 Å². The fraction of sp³-hybridized carbons (Fsp3) is 1.00. The average Bonchev–Trinajstić information content (AvgIpc) is 2.25. The van der Waals surface area contributed by atoms with E-state index in [1.807, 2.05) is 6.92 Å². The normalized spacial score (nSPS) is 15.2. The molecule has 0 aromatic rings. The highest BCUT2D eigenvalue weighted by molar-refractivity contribution is 4.66. The molecule has 0 amide bonds. The Balaban J connectivity index is 3.36. The van der Waals surface area contributed by atoms with Gasteiger partial charge >= 0.3 is 0 Å². The van der Waals surface area contributed by atoms with E-state index in [1.54, 1.807) is 0 Å². The Hall–Kier alpha value is -0.160. The van der Waals surface area contributed by atoms with Gasteiger partial charge in [0.15, 0.2) is 0 Å². The molecule has 0 spiro atoms. The number of aliphatic hydroxyl groups is 1. The van der Waals surface area contributed by atoms with Crippen molar-refractivity contribution < 1.29 is 14.6 Å². The third kappa shape index (κ3) is 12.1. The van der Waals surface area contributed by atoms with E-state index in [2.05, 4.69) is 26.1 Å². The van der Waals surface area contributed by atoms with E-state index in [-0.39, 0.29) is 0 Å². The van der Waals surface area contributed by atoms with Crippen LogP contribution in [-0.4, -0.2) is 50.2 Å². The highest BCUT2D eigenvalue weighted by atomic mass is 16.5. The summed E-state index contributed by atoms with van der Waals surface area (Å²) in [6.45, 7) is 11.3. The van der Waals surface area contributed by atoms with E-state index in [1.165, 1.54) is 0 Å². The van der Waals surface area contributed by atoms with Crippen LogP contribution in [0.5, 0.6) is 0 Å². The maximum absolute atomic E-state index is 9.66. The summed E-state index contributed by atoms with van der Waals surface area (Å²) >= 11 is 0. The van der Waals surface area contributed by atoms with E-state index in [0.29, 0.717) is 44.9 Å². The number of aliphatic hydroxyl groups excluding tert-OH is 1. The summed E-state index contributed by atoms with van der Waals surface area (Å²) in [5.41, 5.74) is 0. The van der Waals surface area contributed by atoms with Crippen LogP contribution in [0.1, 0.15) is 34.1 Å². The molecule has 4 heteroatoms. The van der Waals surface area contributed by atoms with Gasteiger partial charge in [0.25, 0.3) is 0 Å². The van der Waals surface area contributed by atoms with Gasteiger partial charge in [-0.15, -0.1) is 0 Å². The molecule has 0 saturated carbocycles. The molecule has 2 N–H and O–H groups in total. The lowest BCUT2D eigenvalue weighted by Gasteiger charge is -2.18. The van der Waals surface area contributed by atoms with Crippen LogP contribution in [0, 0.1) is 5.92 Å². The number of rotatable bonds is 11. The first kappa shape index (κ1) is 16.8. The molecule has 2 atom stereocenters. The Morgan fingerprint density at radius 3 is 2.35 bits per heavy atom. The molecule has 2 unspecified atom stereocenters. The molecule has 0 rings (SSSR count). The Bertz CT molecular complexity index is 165. The summed E-state index contributed by atoms with van der Waals surface area (Å²) in [4.78, 5) is 0. The largest absolute Gasteiger partial charge is 0.389 e. The third-order valence-electron chi connectivity index (χ3n) is 2.41. The van der Waals surface area contributed by atoms with Crippen LogP contribution in [0.2, 0.25) is 0 Å². The molecule has 0 saturated heterocycles. The van der Waals surface area contributed by atoms with Gasteiger partial charge in [-0.05, 0) is 26.2 Å². The molecule has 0 fully saturated rings. The molecule has 0 aliphatic rings. The van der Waals surface area contributed by atoms with Crippen LogP contribution in [0.25, 0.3) is 0 Å². The highest BCUT2D eigenvalue weighted by Crippen LogP contribution is 2.03. The minimum absolute atomic E-state index is 0.370. The first-order valence-electron chi connectivity index (χ1n) is 6.63. The smallest absolute Gasteiger partial charge is 0.0897 e. The van der Waals surface area contributed by atoms with E-state index in [4.69, 9.17) is 9.47 Å². The van der Waals surface area contributed by atoms with Gasteiger partial charge in [-0.2, -0.15) is 0 Å². The van der Waals surface area contributed by atoms with Crippen LogP contribution in [0.3, 0.4) is 0 Å². The predicted molar refractivity (Wildman–Crippen MR) is 70.2 cm³/mol. The van der Waals surface area contributed by atoms with Crippen LogP contribution in [0.15, 0.2) is 0 Å². The van der Waals surface area contributed by atoms with Crippen LogP contribution < -0.4 is 5.32 Å². The average molecular weight is 247 g/mol. The lowest BCUT2D eigenvalue weighted by atomic mass is 10.1. The molecule has 0 radical (unpaired) electrons. The quantitative estimate of drug-likeness (QED) is 0.542. The number of ether oxygens (including phenoxy) is 2. The molecule has 0 heterocycles. The Labute approximate surface area is 106 Å². The highest BCUT2D eigenvalue weighted by Gasteiger charge is 2.08. The Morgan fingerprint density at radius 2 is 1.76 bits per heavy atom. The standard InChI is InChI=1S/C13H29NO3/c1-5-16-6-7-17-10-13(15)9-14-12(4)8-11(2)3/h11-15H,5-10H2,1-4H3. The first-order valence-corrected chi connectivity index (χ1v) is 6.63. The molecule has 104 valence electrons. The number of nitrogens with one attached hydrogen (secondary N) is 1. The summed E-state index contributed by atoms with van der Waals surface area (Å²) in [6.07, 6.45) is 0.684.